The lowest BCUT2D eigenvalue weighted by molar-refractivity contribution is 0.794. The Kier molecular flexibility index (Phi) is 9.11. The van der Waals surface area contributed by atoms with Gasteiger partial charge >= 0.3 is 0 Å². The van der Waals surface area contributed by atoms with Crippen molar-refractivity contribution in [3.63, 3.8) is 0 Å². The molecule has 0 N–H and O–H groups in total. The third-order valence-electron chi connectivity index (χ3n) is 14.1. The third kappa shape index (κ3) is 6.18. The van der Waals surface area contributed by atoms with E-state index >= 15 is 0 Å². The second-order valence-corrected chi connectivity index (χ2v) is 17.6. The average molecular weight is 853 g/mol. The summed E-state index contributed by atoms with van der Waals surface area (Å²) >= 11 is 0. The van der Waals surface area contributed by atoms with Crippen LogP contribution in [0.25, 0.3) is 55.3 Å². The summed E-state index contributed by atoms with van der Waals surface area (Å²) in [5, 5.41) is 2.57. The predicted molar refractivity (Wildman–Crippen MR) is 280 cm³/mol. The molecule has 11 aromatic rings. The molecule has 0 saturated heterocycles. The molecule has 314 valence electrons. The molecule has 13 rings (SSSR count). The van der Waals surface area contributed by atoms with E-state index in [-0.39, 0.29) is 0 Å². The predicted octanol–water partition coefficient (Wildman–Crippen LogP) is 17.5. The molecule has 1 spiro atoms. The highest BCUT2D eigenvalue weighted by Gasteiger charge is 2.52. The molecule has 0 saturated carbocycles. The van der Waals surface area contributed by atoms with E-state index in [0.717, 1.165) is 34.1 Å². The van der Waals surface area contributed by atoms with Crippen LogP contribution in [0.2, 0.25) is 0 Å². The molecule has 0 aromatic heterocycles. The summed E-state index contributed by atoms with van der Waals surface area (Å²) in [5.74, 6) is 0. The van der Waals surface area contributed by atoms with E-state index < -0.39 is 5.41 Å². The minimum absolute atomic E-state index is 0.455. The Hall–Kier alpha value is -8.72. The van der Waals surface area contributed by atoms with E-state index in [9.17, 15) is 0 Å². The Labute approximate surface area is 391 Å². The molecule has 1 unspecified atom stereocenters. The summed E-state index contributed by atoms with van der Waals surface area (Å²) in [7, 11) is 0. The first-order chi connectivity index (χ1) is 33.2. The molecule has 0 fully saturated rings. The Balaban J connectivity index is 0.856. The second-order valence-electron chi connectivity index (χ2n) is 17.6. The van der Waals surface area contributed by atoms with Crippen molar-refractivity contribution in [1.82, 2.24) is 0 Å². The van der Waals surface area contributed by atoms with Crippen LogP contribution in [0.3, 0.4) is 0 Å². The van der Waals surface area contributed by atoms with Gasteiger partial charge < -0.3 is 9.80 Å². The van der Waals surface area contributed by atoms with Crippen molar-refractivity contribution in [1.29, 1.82) is 0 Å². The van der Waals surface area contributed by atoms with Crippen LogP contribution in [0.5, 0.6) is 0 Å². The van der Waals surface area contributed by atoms with Crippen LogP contribution in [-0.2, 0) is 5.41 Å². The topological polar surface area (TPSA) is 6.48 Å². The number of anilines is 6. The fraction of sp³-hybridized carbons (Fsp3) is 0.0154. The van der Waals surface area contributed by atoms with Crippen LogP contribution < -0.4 is 9.80 Å². The highest BCUT2D eigenvalue weighted by atomic mass is 15.1. The van der Waals surface area contributed by atoms with Crippen molar-refractivity contribution in [2.45, 2.75) is 5.41 Å². The zero-order chi connectivity index (χ0) is 44.3. The number of hydrogen-bond acceptors (Lipinski definition) is 2. The number of para-hydroxylation sites is 3. The standard InChI is InChI=1S/C65H44N2/c1-4-17-50(18-5-1)66(51-19-6-2-7-20-51)53-37-32-47(33-38-53)45-28-30-46(31-29-45)48-34-39-54(40-35-48)67(52-21-8-3-9-22-52)55-41-42-58-57-24-12-14-26-60(57)65(63(58)44-55)61-27-15-13-25-59(61)64-56-23-11-10-16-49(56)36-43-62(64)65/h1-44H. The number of nitrogens with zero attached hydrogens (tertiary/aromatic N) is 2. The molecule has 0 heterocycles. The Morgan fingerprint density at radius 1 is 0.239 bits per heavy atom. The number of rotatable bonds is 8. The Morgan fingerprint density at radius 3 is 1.18 bits per heavy atom. The van der Waals surface area contributed by atoms with E-state index in [0.29, 0.717) is 0 Å². The van der Waals surface area contributed by atoms with Crippen molar-refractivity contribution in [2.24, 2.45) is 0 Å². The minimum Gasteiger partial charge on any atom is -0.311 e. The van der Waals surface area contributed by atoms with Gasteiger partial charge in [0.15, 0.2) is 0 Å². The quantitative estimate of drug-likeness (QED) is 0.150. The van der Waals surface area contributed by atoms with Crippen LogP contribution in [0.15, 0.2) is 267 Å². The molecule has 2 aliphatic carbocycles. The maximum Gasteiger partial charge on any atom is 0.0726 e. The summed E-state index contributed by atoms with van der Waals surface area (Å²) in [4.78, 5) is 4.71. The van der Waals surface area contributed by atoms with Crippen molar-refractivity contribution in [2.75, 3.05) is 9.80 Å². The zero-order valence-corrected chi connectivity index (χ0v) is 36.8. The molecule has 67 heavy (non-hydrogen) atoms. The van der Waals surface area contributed by atoms with Crippen LogP contribution in [-0.4, -0.2) is 0 Å². The van der Waals surface area contributed by atoms with Gasteiger partial charge in [-0.15, -0.1) is 0 Å². The zero-order valence-electron chi connectivity index (χ0n) is 36.8. The van der Waals surface area contributed by atoms with E-state index in [4.69, 9.17) is 0 Å². The van der Waals surface area contributed by atoms with Crippen LogP contribution in [0.4, 0.5) is 34.1 Å². The molecule has 0 aliphatic heterocycles. The molecule has 2 heteroatoms. The number of benzene rings is 11. The molecule has 0 amide bonds. The summed E-state index contributed by atoms with van der Waals surface area (Å²) < 4.78 is 0. The molecule has 11 aromatic carbocycles. The van der Waals surface area contributed by atoms with Gasteiger partial charge in [0.05, 0.1) is 5.41 Å². The summed E-state index contributed by atoms with van der Waals surface area (Å²) in [6, 6.07) is 97.7. The van der Waals surface area contributed by atoms with E-state index in [1.54, 1.807) is 0 Å². The van der Waals surface area contributed by atoms with E-state index in [2.05, 4.69) is 277 Å². The van der Waals surface area contributed by atoms with Gasteiger partial charge in [0.25, 0.3) is 0 Å². The van der Waals surface area contributed by atoms with Gasteiger partial charge in [-0.1, -0.05) is 194 Å². The first kappa shape index (κ1) is 38.7. The van der Waals surface area contributed by atoms with E-state index in [1.165, 1.54) is 77.5 Å². The summed E-state index contributed by atoms with van der Waals surface area (Å²) in [6.45, 7) is 0. The molecule has 1 atom stereocenters. The molecule has 0 bridgehead atoms. The van der Waals surface area contributed by atoms with Crippen molar-refractivity contribution in [3.05, 3.63) is 289 Å². The van der Waals surface area contributed by atoms with Gasteiger partial charge in [0, 0.05) is 34.1 Å². The molecule has 2 nitrogen and oxygen atoms in total. The average Bonchev–Trinajstić information content (AvgIpc) is 3.88. The highest BCUT2D eigenvalue weighted by Crippen LogP contribution is 2.64. The molecular formula is C65H44N2. The smallest absolute Gasteiger partial charge is 0.0726 e. The fourth-order valence-corrected chi connectivity index (χ4v) is 11.1. The second kappa shape index (κ2) is 15.8. The molecule has 0 radical (unpaired) electrons. The summed E-state index contributed by atoms with van der Waals surface area (Å²) in [6.07, 6.45) is 0. The first-order valence-corrected chi connectivity index (χ1v) is 23.2. The normalized spacial score (nSPS) is 14.0. The van der Waals surface area contributed by atoms with Crippen LogP contribution >= 0.6 is 0 Å². The van der Waals surface area contributed by atoms with Gasteiger partial charge in [-0.05, 0) is 150 Å². The molecule has 2 aliphatic rings. The van der Waals surface area contributed by atoms with Gasteiger partial charge in [-0.3, -0.25) is 0 Å². The Bertz CT molecular complexity index is 3560. The van der Waals surface area contributed by atoms with Crippen LogP contribution in [0.1, 0.15) is 22.3 Å². The Morgan fingerprint density at radius 2 is 0.627 bits per heavy atom. The minimum atomic E-state index is -0.455. The van der Waals surface area contributed by atoms with Gasteiger partial charge in [-0.2, -0.15) is 0 Å². The first-order valence-electron chi connectivity index (χ1n) is 23.2. The number of hydrogen-bond donors (Lipinski definition) is 0. The summed E-state index contributed by atoms with van der Waals surface area (Å²) in [5.41, 5.74) is 21.6. The lowest BCUT2D eigenvalue weighted by atomic mass is 9.70. The van der Waals surface area contributed by atoms with Gasteiger partial charge in [0.2, 0.25) is 0 Å². The third-order valence-corrected chi connectivity index (χ3v) is 14.1. The lowest BCUT2D eigenvalue weighted by Gasteiger charge is -2.32. The lowest BCUT2D eigenvalue weighted by Crippen LogP contribution is -2.26. The maximum absolute atomic E-state index is 2.48. The van der Waals surface area contributed by atoms with Crippen molar-refractivity contribution >= 4 is 44.9 Å². The monoisotopic (exact) mass is 852 g/mol. The highest BCUT2D eigenvalue weighted by molar-refractivity contribution is 6.06. The van der Waals surface area contributed by atoms with Crippen molar-refractivity contribution < 1.29 is 0 Å². The fourth-order valence-electron chi connectivity index (χ4n) is 11.1. The van der Waals surface area contributed by atoms with Crippen molar-refractivity contribution in [3.8, 4) is 44.5 Å². The SMILES string of the molecule is c1ccc(N(c2ccccc2)c2ccc(-c3ccc(-c4ccc(N(c5ccccc5)c5ccc6c(c5)C5(c7ccccc7-6)c6ccccc6-c6c5ccc5ccccc65)cc4)cc3)cc2)cc1. The maximum atomic E-state index is 2.48. The van der Waals surface area contributed by atoms with E-state index in [1.807, 2.05) is 0 Å². The van der Waals surface area contributed by atoms with Gasteiger partial charge in [-0.25, -0.2) is 0 Å². The van der Waals surface area contributed by atoms with Gasteiger partial charge in [0.1, 0.15) is 0 Å². The largest absolute Gasteiger partial charge is 0.311 e. The van der Waals surface area contributed by atoms with Crippen LogP contribution in [0, 0.1) is 0 Å². The number of fused-ring (bicyclic) bond motifs is 12. The molecular weight excluding hydrogens is 809 g/mol.